The van der Waals surface area contributed by atoms with Gasteiger partial charge in [0.2, 0.25) is 0 Å². The van der Waals surface area contributed by atoms with Gasteiger partial charge in [-0.15, -0.1) is 0 Å². The summed E-state index contributed by atoms with van der Waals surface area (Å²) < 4.78 is 23.0. The number of carbonyl (C=O) groups excluding carboxylic acids is 2. The van der Waals surface area contributed by atoms with Gasteiger partial charge in [-0.2, -0.15) is 0 Å². The van der Waals surface area contributed by atoms with Crippen molar-refractivity contribution in [3.05, 3.63) is 48.6 Å². The first-order valence-corrected chi connectivity index (χ1v) is 32.8. The highest BCUT2D eigenvalue weighted by Crippen LogP contribution is 2.17. The lowest BCUT2D eigenvalue weighted by Gasteiger charge is -2.25. The van der Waals surface area contributed by atoms with E-state index < -0.39 is 24.3 Å². The molecule has 1 N–H and O–H groups in total. The van der Waals surface area contributed by atoms with Crippen molar-refractivity contribution in [3.63, 3.8) is 0 Å². The highest BCUT2D eigenvalue weighted by Gasteiger charge is 2.25. The first-order chi connectivity index (χ1) is 37.6. The van der Waals surface area contributed by atoms with Crippen LogP contribution in [0, 0.1) is 0 Å². The van der Waals surface area contributed by atoms with Gasteiger partial charge in [0.1, 0.15) is 13.2 Å². The van der Waals surface area contributed by atoms with E-state index >= 15 is 0 Å². The van der Waals surface area contributed by atoms with Gasteiger partial charge in [0.15, 0.2) is 6.10 Å². The molecular weight excluding hydrogens is 959 g/mol. The minimum absolute atomic E-state index is 0.181. The molecule has 2 atom stereocenters. The molecule has 9 heteroatoms. The number of carbonyl (C=O) groups is 3. The highest BCUT2D eigenvalue weighted by atomic mass is 16.7. The molecule has 0 fully saturated rings. The van der Waals surface area contributed by atoms with Crippen LogP contribution in [0.4, 0.5) is 0 Å². The summed E-state index contributed by atoms with van der Waals surface area (Å²) in [4.78, 5) is 37.5. The fourth-order valence-corrected chi connectivity index (χ4v) is 9.49. The molecule has 0 saturated carbocycles. The number of carboxylic acids is 1. The molecule has 9 nitrogen and oxygen atoms in total. The molecule has 0 aliphatic carbocycles. The molecule has 2 unspecified atom stereocenters. The monoisotopic (exact) mass is 1080 g/mol. The van der Waals surface area contributed by atoms with E-state index in [1.807, 2.05) is 21.1 Å². The summed E-state index contributed by atoms with van der Waals surface area (Å²) in [6.07, 6.45) is 72.1. The van der Waals surface area contributed by atoms with E-state index in [0.717, 1.165) is 51.4 Å². The molecule has 0 saturated heterocycles. The predicted octanol–water partition coefficient (Wildman–Crippen LogP) is 19.8. The molecule has 0 aromatic rings. The smallest absolute Gasteiger partial charge is 0.361 e. The maximum atomic E-state index is 12.9. The van der Waals surface area contributed by atoms with Gasteiger partial charge in [-0.05, 0) is 77.0 Å². The van der Waals surface area contributed by atoms with E-state index in [1.165, 1.54) is 231 Å². The van der Waals surface area contributed by atoms with Crippen LogP contribution in [-0.2, 0) is 33.3 Å². The first-order valence-electron chi connectivity index (χ1n) is 32.8. The second-order valence-electron chi connectivity index (χ2n) is 23.4. The number of carboxylic acid groups (broad SMARTS) is 1. The normalized spacial score (nSPS) is 13.0. The van der Waals surface area contributed by atoms with Crippen molar-refractivity contribution in [2.75, 3.05) is 47.5 Å². The standard InChI is InChI=1S/C68H125NO8/c1-6-8-10-12-14-16-18-20-22-24-26-28-29-30-31-32-33-34-35-36-37-39-41-43-45-47-49-51-53-55-57-59-66(71)77-64(63-76-68(67(72)73)74-61-60-69(3,4)5)62-75-65(70)58-56-54-52-50-48-46-44-42-40-38-27-25-23-21-19-17-15-13-11-9-7-2/h18,20,24-27,29-30,64,68H,6-17,19,21-23,28,31-63H2,1-5H3/p+1/b20-18-,26-24-,27-25-,30-29-. The lowest BCUT2D eigenvalue weighted by molar-refractivity contribution is -0.870. The summed E-state index contributed by atoms with van der Waals surface area (Å²) in [6, 6.07) is 0. The molecule has 77 heavy (non-hydrogen) atoms. The maximum Gasteiger partial charge on any atom is 0.361 e. The number of nitrogens with zero attached hydrogens (tertiary/aromatic N) is 1. The SMILES string of the molecule is CCCCCCC/C=C\C/C=C\C/C=C\CCCCCCCCCCCCCCCCCCC(=O)OC(COC(=O)CCCCCCCCCCC/C=C\CCCCCCCCCC)COC(OCC[N+](C)(C)C)C(=O)O. The van der Waals surface area contributed by atoms with Crippen molar-refractivity contribution in [2.45, 2.75) is 322 Å². The molecule has 0 spiro atoms. The third-order valence-corrected chi connectivity index (χ3v) is 14.6. The Kier molecular flexibility index (Phi) is 57.3. The molecule has 0 aliphatic heterocycles. The molecule has 0 heterocycles. The summed E-state index contributed by atoms with van der Waals surface area (Å²) >= 11 is 0. The summed E-state index contributed by atoms with van der Waals surface area (Å²) in [7, 11) is 5.98. The lowest BCUT2D eigenvalue weighted by atomic mass is 10.0. The largest absolute Gasteiger partial charge is 0.477 e. The Morgan fingerprint density at radius 2 is 0.701 bits per heavy atom. The van der Waals surface area contributed by atoms with Crippen LogP contribution in [0.3, 0.4) is 0 Å². The minimum atomic E-state index is -1.51. The fraction of sp³-hybridized carbons (Fsp3) is 0.838. The van der Waals surface area contributed by atoms with Gasteiger partial charge >= 0.3 is 17.9 Å². The van der Waals surface area contributed by atoms with Crippen LogP contribution in [0.2, 0.25) is 0 Å². The third kappa shape index (κ3) is 60.7. The summed E-state index contributed by atoms with van der Waals surface area (Å²) in [5, 5.41) is 9.73. The van der Waals surface area contributed by atoms with E-state index in [0.29, 0.717) is 17.4 Å². The highest BCUT2D eigenvalue weighted by molar-refractivity contribution is 5.71. The van der Waals surface area contributed by atoms with Crippen molar-refractivity contribution in [1.29, 1.82) is 0 Å². The molecule has 450 valence electrons. The number of rotatable bonds is 61. The summed E-state index contributed by atoms with van der Waals surface area (Å²) in [5.74, 6) is -1.99. The summed E-state index contributed by atoms with van der Waals surface area (Å²) in [5.41, 5.74) is 0. The topological polar surface area (TPSA) is 108 Å². The van der Waals surface area contributed by atoms with Crippen molar-refractivity contribution in [3.8, 4) is 0 Å². The van der Waals surface area contributed by atoms with Gasteiger partial charge in [-0.3, -0.25) is 9.59 Å². The van der Waals surface area contributed by atoms with E-state index in [2.05, 4.69) is 62.5 Å². The molecule has 0 amide bonds. The number of unbranched alkanes of at least 4 members (excludes halogenated alkanes) is 38. The van der Waals surface area contributed by atoms with Gasteiger partial charge in [0.25, 0.3) is 6.29 Å². The molecule has 0 radical (unpaired) electrons. The minimum Gasteiger partial charge on any atom is -0.477 e. The molecule has 0 aliphatic rings. The fourth-order valence-electron chi connectivity index (χ4n) is 9.49. The van der Waals surface area contributed by atoms with Crippen molar-refractivity contribution >= 4 is 17.9 Å². The van der Waals surface area contributed by atoms with Gasteiger partial charge in [0.05, 0.1) is 34.4 Å². The lowest BCUT2D eigenvalue weighted by Crippen LogP contribution is -2.40. The Morgan fingerprint density at radius 3 is 1.05 bits per heavy atom. The van der Waals surface area contributed by atoms with Crippen LogP contribution < -0.4 is 0 Å². The Balaban J connectivity index is 4.13. The van der Waals surface area contributed by atoms with Gasteiger partial charge in [-0.1, -0.05) is 268 Å². The number of hydrogen-bond acceptors (Lipinski definition) is 7. The zero-order chi connectivity index (χ0) is 56.2. The number of quaternary nitrogens is 1. The van der Waals surface area contributed by atoms with Crippen LogP contribution >= 0.6 is 0 Å². The number of esters is 2. The van der Waals surface area contributed by atoms with Crippen LogP contribution in [0.15, 0.2) is 48.6 Å². The zero-order valence-corrected chi connectivity index (χ0v) is 51.4. The Hall–Kier alpha value is -2.75. The van der Waals surface area contributed by atoms with E-state index in [9.17, 15) is 19.5 Å². The van der Waals surface area contributed by atoms with Crippen LogP contribution in [0.5, 0.6) is 0 Å². The molecule has 0 aromatic heterocycles. The Bertz CT molecular complexity index is 1400. The number of hydrogen-bond donors (Lipinski definition) is 1. The van der Waals surface area contributed by atoms with Crippen molar-refractivity contribution in [2.24, 2.45) is 0 Å². The molecule has 0 aromatic carbocycles. The van der Waals surface area contributed by atoms with Crippen LogP contribution in [-0.4, -0.2) is 87.4 Å². The third-order valence-electron chi connectivity index (χ3n) is 14.6. The molecule has 0 rings (SSSR count). The quantitative estimate of drug-likeness (QED) is 0.0211. The average Bonchev–Trinajstić information content (AvgIpc) is 3.40. The second-order valence-corrected chi connectivity index (χ2v) is 23.4. The number of ether oxygens (including phenoxy) is 4. The number of allylic oxidation sites excluding steroid dienone is 8. The number of likely N-dealkylation sites (N-methyl/N-ethyl adjacent to an activating group) is 1. The first kappa shape index (κ1) is 74.2. The average molecular weight is 1090 g/mol. The van der Waals surface area contributed by atoms with Crippen LogP contribution in [0.1, 0.15) is 309 Å². The van der Waals surface area contributed by atoms with Gasteiger partial charge in [-0.25, -0.2) is 4.79 Å². The van der Waals surface area contributed by atoms with Crippen molar-refractivity contribution in [1.82, 2.24) is 0 Å². The van der Waals surface area contributed by atoms with Gasteiger partial charge < -0.3 is 28.5 Å². The predicted molar refractivity (Wildman–Crippen MR) is 327 cm³/mol. The Labute approximate surface area is 476 Å². The zero-order valence-electron chi connectivity index (χ0n) is 51.4. The van der Waals surface area contributed by atoms with E-state index in [-0.39, 0.29) is 32.2 Å². The van der Waals surface area contributed by atoms with Gasteiger partial charge in [0, 0.05) is 12.8 Å². The number of aliphatic carboxylic acids is 1. The van der Waals surface area contributed by atoms with E-state index in [1.54, 1.807) is 0 Å². The Morgan fingerprint density at radius 1 is 0.390 bits per heavy atom. The van der Waals surface area contributed by atoms with E-state index in [4.69, 9.17) is 18.9 Å². The maximum absolute atomic E-state index is 12.9. The van der Waals surface area contributed by atoms with Crippen molar-refractivity contribution < 1.29 is 42.9 Å². The molecular formula is C68H126NO8+. The molecule has 0 bridgehead atoms. The van der Waals surface area contributed by atoms with Crippen LogP contribution in [0.25, 0.3) is 0 Å². The second kappa shape index (κ2) is 59.4. The summed E-state index contributed by atoms with van der Waals surface area (Å²) in [6.45, 7) is 4.91.